The predicted molar refractivity (Wildman–Crippen MR) is 101 cm³/mol. The number of carbonyl (C=O) groups excluding carboxylic acids is 3. The largest absolute Gasteiger partial charge is 0.493 e. The van der Waals surface area contributed by atoms with Gasteiger partial charge in [-0.3, -0.25) is 14.4 Å². The van der Waals surface area contributed by atoms with Gasteiger partial charge < -0.3 is 14.2 Å². The first kappa shape index (κ1) is 20.9. The lowest BCUT2D eigenvalue weighted by atomic mass is 9.99. The van der Waals surface area contributed by atoms with E-state index in [2.05, 4.69) is 21.1 Å². The fraction of sp³-hybridized carbons (Fsp3) is 0.389. The Morgan fingerprint density at radius 3 is 2.43 bits per heavy atom. The predicted octanol–water partition coefficient (Wildman–Crippen LogP) is 0.981. The number of rotatable bonds is 8. The average Bonchev–Trinajstić information content (AvgIpc) is 2.98. The highest BCUT2D eigenvalue weighted by Crippen LogP contribution is 2.38. The molecule has 0 saturated carbocycles. The van der Waals surface area contributed by atoms with Gasteiger partial charge in [0.15, 0.2) is 11.5 Å². The molecule has 1 heterocycles. The number of hydrogen-bond acceptors (Lipinski definition) is 8. The van der Waals surface area contributed by atoms with Gasteiger partial charge in [-0.2, -0.15) is 10.2 Å². The standard InChI is InChI=1S/C18H22N4O6/c1-10-13(18(25)22-20-10)5-6-16(24)21-19-9-12-7-14(26-3)17(28-11(2)23)15(8-12)27-4/h7-9,13H,5-6H2,1-4H3,(H,21,24)(H,22,25). The number of nitrogens with one attached hydrogen (secondary N) is 2. The minimum Gasteiger partial charge on any atom is -0.493 e. The van der Waals surface area contributed by atoms with Crippen LogP contribution in [0.1, 0.15) is 32.3 Å². The lowest BCUT2D eigenvalue weighted by Gasteiger charge is -2.13. The number of nitrogens with zero attached hydrogens (tertiary/aromatic N) is 2. The molecule has 2 rings (SSSR count). The Morgan fingerprint density at radius 2 is 1.93 bits per heavy atom. The third-order valence-electron chi connectivity index (χ3n) is 3.95. The Kier molecular flexibility index (Phi) is 7.08. The molecule has 1 aliphatic heterocycles. The number of carbonyl (C=O) groups is 3. The summed E-state index contributed by atoms with van der Waals surface area (Å²) in [7, 11) is 2.85. The molecule has 0 bridgehead atoms. The fourth-order valence-electron chi connectivity index (χ4n) is 2.56. The van der Waals surface area contributed by atoms with Gasteiger partial charge in [0.2, 0.25) is 17.6 Å². The van der Waals surface area contributed by atoms with Crippen LogP contribution in [0.3, 0.4) is 0 Å². The van der Waals surface area contributed by atoms with Gasteiger partial charge in [-0.05, 0) is 25.5 Å². The maximum absolute atomic E-state index is 11.9. The van der Waals surface area contributed by atoms with Crippen LogP contribution in [0.2, 0.25) is 0 Å². The summed E-state index contributed by atoms with van der Waals surface area (Å²) in [6.45, 7) is 3.01. The van der Waals surface area contributed by atoms with E-state index < -0.39 is 11.9 Å². The van der Waals surface area contributed by atoms with Gasteiger partial charge in [0.05, 0.1) is 26.4 Å². The summed E-state index contributed by atoms with van der Waals surface area (Å²) in [5.74, 6) is -0.724. The van der Waals surface area contributed by atoms with E-state index in [1.807, 2.05) is 0 Å². The first-order chi connectivity index (χ1) is 13.3. The van der Waals surface area contributed by atoms with E-state index in [1.165, 1.54) is 27.4 Å². The number of amides is 2. The molecule has 2 amide bonds. The molecular formula is C18H22N4O6. The molecule has 0 aromatic heterocycles. The molecule has 0 saturated heterocycles. The summed E-state index contributed by atoms with van der Waals surface area (Å²) in [5.41, 5.74) is 6.00. The SMILES string of the molecule is COc1cc(C=NNC(=O)CCC2C(=O)NN=C2C)cc(OC)c1OC(C)=O. The number of hydrogen-bond donors (Lipinski definition) is 2. The van der Waals surface area contributed by atoms with Crippen molar-refractivity contribution in [1.82, 2.24) is 10.9 Å². The van der Waals surface area contributed by atoms with E-state index in [1.54, 1.807) is 19.1 Å². The highest BCUT2D eigenvalue weighted by Gasteiger charge is 2.27. The van der Waals surface area contributed by atoms with Crippen LogP contribution in [0.25, 0.3) is 0 Å². The lowest BCUT2D eigenvalue weighted by Crippen LogP contribution is -2.25. The third-order valence-corrected chi connectivity index (χ3v) is 3.95. The molecule has 0 aliphatic carbocycles. The maximum Gasteiger partial charge on any atom is 0.308 e. The van der Waals surface area contributed by atoms with Gasteiger partial charge in [0.25, 0.3) is 0 Å². The lowest BCUT2D eigenvalue weighted by molar-refractivity contribution is -0.132. The zero-order valence-electron chi connectivity index (χ0n) is 16.1. The molecule has 150 valence electrons. The number of hydrazone groups is 2. The van der Waals surface area contributed by atoms with E-state index in [9.17, 15) is 14.4 Å². The molecule has 1 aromatic rings. The van der Waals surface area contributed by atoms with E-state index in [-0.39, 0.29) is 35.5 Å². The van der Waals surface area contributed by atoms with Crippen LogP contribution < -0.4 is 25.1 Å². The van der Waals surface area contributed by atoms with Crippen LogP contribution in [-0.4, -0.2) is 43.9 Å². The van der Waals surface area contributed by atoms with Gasteiger partial charge in [-0.1, -0.05) is 0 Å². The van der Waals surface area contributed by atoms with Crippen LogP contribution in [0.5, 0.6) is 17.2 Å². The Labute approximate surface area is 161 Å². The fourth-order valence-corrected chi connectivity index (χ4v) is 2.56. The smallest absolute Gasteiger partial charge is 0.308 e. The topological polar surface area (TPSA) is 128 Å². The van der Waals surface area contributed by atoms with Gasteiger partial charge in [0, 0.05) is 24.6 Å². The highest BCUT2D eigenvalue weighted by molar-refractivity contribution is 6.07. The first-order valence-corrected chi connectivity index (χ1v) is 8.46. The van der Waals surface area contributed by atoms with Gasteiger partial charge in [-0.15, -0.1) is 0 Å². The van der Waals surface area contributed by atoms with Crippen LogP contribution in [0.15, 0.2) is 22.3 Å². The Balaban J connectivity index is 1.99. The molecule has 2 N–H and O–H groups in total. The van der Waals surface area contributed by atoms with Gasteiger partial charge in [0.1, 0.15) is 0 Å². The molecule has 0 fully saturated rings. The molecule has 1 aliphatic rings. The minimum absolute atomic E-state index is 0.125. The molecule has 0 radical (unpaired) electrons. The van der Waals surface area contributed by atoms with Gasteiger partial charge >= 0.3 is 5.97 Å². The summed E-state index contributed by atoms with van der Waals surface area (Å²) in [6.07, 6.45) is 1.87. The van der Waals surface area contributed by atoms with Crippen LogP contribution in [0.4, 0.5) is 0 Å². The second kappa shape index (κ2) is 9.49. The Morgan fingerprint density at radius 1 is 1.29 bits per heavy atom. The van der Waals surface area contributed by atoms with Crippen molar-refractivity contribution in [2.24, 2.45) is 16.1 Å². The zero-order chi connectivity index (χ0) is 20.7. The van der Waals surface area contributed by atoms with Crippen molar-refractivity contribution in [1.29, 1.82) is 0 Å². The highest BCUT2D eigenvalue weighted by atomic mass is 16.6. The first-order valence-electron chi connectivity index (χ1n) is 8.46. The molecule has 1 aromatic carbocycles. The monoisotopic (exact) mass is 390 g/mol. The number of methoxy groups -OCH3 is 2. The van der Waals surface area contributed by atoms with E-state index in [0.29, 0.717) is 17.7 Å². The normalized spacial score (nSPS) is 15.8. The number of ether oxygens (including phenoxy) is 3. The quantitative estimate of drug-likeness (QED) is 0.295. The van der Waals surface area contributed by atoms with Crippen molar-refractivity contribution >= 4 is 29.7 Å². The molecular weight excluding hydrogens is 368 g/mol. The van der Waals surface area contributed by atoms with Crippen molar-refractivity contribution in [2.75, 3.05) is 14.2 Å². The zero-order valence-corrected chi connectivity index (χ0v) is 16.1. The summed E-state index contributed by atoms with van der Waals surface area (Å²) in [4.78, 5) is 34.7. The molecule has 10 heteroatoms. The summed E-state index contributed by atoms with van der Waals surface area (Å²) in [6, 6.07) is 3.16. The minimum atomic E-state index is -0.512. The van der Waals surface area contributed by atoms with E-state index in [4.69, 9.17) is 14.2 Å². The van der Waals surface area contributed by atoms with Crippen molar-refractivity contribution in [3.63, 3.8) is 0 Å². The molecule has 0 spiro atoms. The summed E-state index contributed by atoms with van der Waals surface area (Å²) in [5, 5.41) is 7.73. The summed E-state index contributed by atoms with van der Waals surface area (Å²) < 4.78 is 15.5. The van der Waals surface area contributed by atoms with Crippen LogP contribution in [-0.2, 0) is 14.4 Å². The molecule has 28 heavy (non-hydrogen) atoms. The summed E-state index contributed by atoms with van der Waals surface area (Å²) >= 11 is 0. The van der Waals surface area contributed by atoms with E-state index >= 15 is 0 Å². The van der Waals surface area contributed by atoms with Crippen molar-refractivity contribution in [3.05, 3.63) is 17.7 Å². The average molecular weight is 390 g/mol. The third kappa shape index (κ3) is 5.29. The molecule has 1 atom stereocenters. The van der Waals surface area contributed by atoms with Crippen molar-refractivity contribution in [3.8, 4) is 17.2 Å². The molecule has 10 nitrogen and oxygen atoms in total. The maximum atomic E-state index is 11.9. The molecule has 1 unspecified atom stereocenters. The van der Waals surface area contributed by atoms with Crippen LogP contribution >= 0.6 is 0 Å². The van der Waals surface area contributed by atoms with Crippen LogP contribution in [0, 0.1) is 5.92 Å². The second-order valence-electron chi connectivity index (χ2n) is 5.96. The van der Waals surface area contributed by atoms with E-state index in [0.717, 1.165) is 0 Å². The number of esters is 1. The van der Waals surface area contributed by atoms with Crippen molar-refractivity contribution < 1.29 is 28.6 Å². The Hall–Kier alpha value is -3.43. The van der Waals surface area contributed by atoms with Crippen molar-refractivity contribution in [2.45, 2.75) is 26.7 Å². The second-order valence-corrected chi connectivity index (χ2v) is 5.96. The number of benzene rings is 1. The Bertz CT molecular complexity index is 808. The van der Waals surface area contributed by atoms with Gasteiger partial charge in [-0.25, -0.2) is 10.9 Å².